The van der Waals surface area contributed by atoms with E-state index in [-0.39, 0.29) is 5.60 Å². The van der Waals surface area contributed by atoms with Gasteiger partial charge >= 0.3 is 0 Å². The lowest BCUT2D eigenvalue weighted by Crippen LogP contribution is -2.56. The van der Waals surface area contributed by atoms with Crippen molar-refractivity contribution in [3.63, 3.8) is 0 Å². The van der Waals surface area contributed by atoms with Crippen molar-refractivity contribution < 1.29 is 4.74 Å². The first-order valence-corrected chi connectivity index (χ1v) is 8.44. The summed E-state index contributed by atoms with van der Waals surface area (Å²) in [7, 11) is 1.98. The molecule has 1 saturated carbocycles. The van der Waals surface area contributed by atoms with Crippen molar-refractivity contribution in [1.82, 2.24) is 15.1 Å². The summed E-state index contributed by atoms with van der Waals surface area (Å²) in [6, 6.07) is 0.370. The molecule has 1 heterocycles. The number of nitrogens with zero attached hydrogens (tertiary/aromatic N) is 2. The quantitative estimate of drug-likeness (QED) is 0.840. The molecular formula is C17H31N3O. The average molecular weight is 293 g/mol. The summed E-state index contributed by atoms with van der Waals surface area (Å²) in [6.07, 6.45) is 10.0. The van der Waals surface area contributed by atoms with Crippen molar-refractivity contribution in [2.75, 3.05) is 13.2 Å². The van der Waals surface area contributed by atoms with Crippen LogP contribution in [0.25, 0.3) is 0 Å². The Balaban J connectivity index is 2.18. The zero-order valence-corrected chi connectivity index (χ0v) is 14.1. The molecule has 120 valence electrons. The predicted molar refractivity (Wildman–Crippen MR) is 86.4 cm³/mol. The molecule has 1 N–H and O–H groups in total. The molecule has 0 saturated heterocycles. The third-order valence-corrected chi connectivity index (χ3v) is 4.71. The summed E-state index contributed by atoms with van der Waals surface area (Å²) in [5, 5.41) is 8.00. The third-order valence-electron chi connectivity index (χ3n) is 4.71. The number of ether oxygens (including phenoxy) is 1. The molecule has 2 rings (SSSR count). The van der Waals surface area contributed by atoms with Gasteiger partial charge in [-0.2, -0.15) is 5.10 Å². The highest BCUT2D eigenvalue weighted by Crippen LogP contribution is 2.38. The summed E-state index contributed by atoms with van der Waals surface area (Å²) in [5.41, 5.74) is 1.28. The van der Waals surface area contributed by atoms with Crippen LogP contribution in [-0.2, 0) is 18.2 Å². The van der Waals surface area contributed by atoms with Gasteiger partial charge in [-0.1, -0.05) is 26.7 Å². The number of aryl methyl sites for hydroxylation is 1. The smallest absolute Gasteiger partial charge is 0.0840 e. The van der Waals surface area contributed by atoms with Gasteiger partial charge in [0.25, 0.3) is 0 Å². The minimum absolute atomic E-state index is 0.0156. The molecule has 0 aliphatic heterocycles. The monoisotopic (exact) mass is 293 g/mol. The van der Waals surface area contributed by atoms with Crippen LogP contribution < -0.4 is 5.32 Å². The molecule has 3 atom stereocenters. The van der Waals surface area contributed by atoms with Gasteiger partial charge in [-0.25, -0.2) is 0 Å². The highest BCUT2D eigenvalue weighted by molar-refractivity contribution is 5.10. The van der Waals surface area contributed by atoms with Gasteiger partial charge in [0.05, 0.1) is 11.8 Å². The second kappa shape index (κ2) is 7.41. The number of nitrogens with one attached hydrogen (secondary N) is 1. The first-order chi connectivity index (χ1) is 10.1. The molecule has 21 heavy (non-hydrogen) atoms. The van der Waals surface area contributed by atoms with E-state index < -0.39 is 0 Å². The van der Waals surface area contributed by atoms with Gasteiger partial charge in [0.15, 0.2) is 0 Å². The maximum Gasteiger partial charge on any atom is 0.0840 e. The first kappa shape index (κ1) is 16.5. The van der Waals surface area contributed by atoms with E-state index in [1.54, 1.807) is 0 Å². The highest BCUT2D eigenvalue weighted by atomic mass is 16.5. The molecule has 4 nitrogen and oxygen atoms in total. The van der Waals surface area contributed by atoms with E-state index in [1.807, 2.05) is 17.9 Å². The van der Waals surface area contributed by atoms with Gasteiger partial charge in [0, 0.05) is 25.9 Å². The van der Waals surface area contributed by atoms with Crippen molar-refractivity contribution in [3.8, 4) is 0 Å². The fraction of sp³-hybridized carbons (Fsp3) is 0.824. The fourth-order valence-electron chi connectivity index (χ4n) is 3.88. The molecule has 3 unspecified atom stereocenters. The molecule has 1 aromatic rings. The normalized spacial score (nSPS) is 27.7. The Labute approximate surface area is 129 Å². The summed E-state index contributed by atoms with van der Waals surface area (Å²) in [5.74, 6) is 0.750. The third kappa shape index (κ3) is 4.07. The molecule has 1 fully saturated rings. The molecule has 0 aromatic carbocycles. The van der Waals surface area contributed by atoms with Crippen molar-refractivity contribution in [2.24, 2.45) is 13.0 Å². The minimum Gasteiger partial charge on any atom is -0.374 e. The van der Waals surface area contributed by atoms with Crippen LogP contribution in [0.3, 0.4) is 0 Å². The number of aromatic nitrogens is 2. The van der Waals surface area contributed by atoms with Gasteiger partial charge in [-0.3, -0.25) is 4.68 Å². The molecule has 0 bridgehead atoms. The van der Waals surface area contributed by atoms with Gasteiger partial charge in [-0.05, 0) is 44.2 Å². The number of likely N-dealkylation sites (N-methyl/N-ethyl adjacent to an activating group) is 1. The zero-order chi connectivity index (χ0) is 15.3. The molecule has 4 heteroatoms. The minimum atomic E-state index is -0.0156. The van der Waals surface area contributed by atoms with E-state index in [9.17, 15) is 0 Å². The van der Waals surface area contributed by atoms with Crippen LogP contribution in [0.5, 0.6) is 0 Å². The van der Waals surface area contributed by atoms with Crippen LogP contribution >= 0.6 is 0 Å². The Kier molecular flexibility index (Phi) is 5.82. The average Bonchev–Trinajstić information content (AvgIpc) is 2.84. The van der Waals surface area contributed by atoms with Crippen LogP contribution in [-0.4, -0.2) is 34.6 Å². The topological polar surface area (TPSA) is 39.1 Å². The predicted octanol–water partition coefficient (Wildman–Crippen LogP) is 2.93. The Bertz CT molecular complexity index is 427. The van der Waals surface area contributed by atoms with Crippen LogP contribution in [0.15, 0.2) is 12.4 Å². The molecule has 1 aliphatic rings. The Hall–Kier alpha value is -0.870. The Morgan fingerprint density at radius 3 is 2.90 bits per heavy atom. The van der Waals surface area contributed by atoms with Crippen LogP contribution in [0.4, 0.5) is 0 Å². The van der Waals surface area contributed by atoms with Crippen LogP contribution in [0.1, 0.15) is 52.0 Å². The van der Waals surface area contributed by atoms with Gasteiger partial charge in [0.2, 0.25) is 0 Å². The van der Waals surface area contributed by atoms with E-state index in [0.717, 1.165) is 25.5 Å². The first-order valence-electron chi connectivity index (χ1n) is 8.44. The van der Waals surface area contributed by atoms with Gasteiger partial charge < -0.3 is 10.1 Å². The van der Waals surface area contributed by atoms with Crippen molar-refractivity contribution >= 4 is 0 Å². The molecule has 0 spiro atoms. The summed E-state index contributed by atoms with van der Waals surface area (Å²) in [4.78, 5) is 0. The van der Waals surface area contributed by atoms with Crippen molar-refractivity contribution in [3.05, 3.63) is 18.0 Å². The maximum absolute atomic E-state index is 6.34. The van der Waals surface area contributed by atoms with Gasteiger partial charge in [0.1, 0.15) is 0 Å². The number of rotatable bonds is 7. The summed E-state index contributed by atoms with van der Waals surface area (Å²) < 4.78 is 8.23. The largest absolute Gasteiger partial charge is 0.374 e. The SMILES string of the molecule is CCNC(Cc1cnn(C)c1)C1(OCC)CCCC(C)C1. The lowest BCUT2D eigenvalue weighted by atomic mass is 9.73. The second-order valence-electron chi connectivity index (χ2n) is 6.54. The summed E-state index contributed by atoms with van der Waals surface area (Å²) in [6.45, 7) is 8.44. The number of hydrogen-bond acceptors (Lipinski definition) is 3. The molecule has 1 aromatic heterocycles. The van der Waals surface area contributed by atoms with E-state index >= 15 is 0 Å². The second-order valence-corrected chi connectivity index (χ2v) is 6.54. The maximum atomic E-state index is 6.34. The fourth-order valence-corrected chi connectivity index (χ4v) is 3.88. The highest BCUT2D eigenvalue weighted by Gasteiger charge is 2.42. The van der Waals surface area contributed by atoms with Gasteiger partial charge in [-0.15, -0.1) is 0 Å². The Morgan fingerprint density at radius 1 is 1.52 bits per heavy atom. The standard InChI is InChI=1S/C17H31N3O/c1-5-18-16(10-15-12-19-20(4)13-15)17(21-6-2)9-7-8-14(3)11-17/h12-14,16,18H,5-11H2,1-4H3. The molecule has 1 aliphatic carbocycles. The van der Waals surface area contributed by atoms with E-state index in [1.165, 1.54) is 31.2 Å². The lowest BCUT2D eigenvalue weighted by Gasteiger charge is -2.45. The summed E-state index contributed by atoms with van der Waals surface area (Å²) >= 11 is 0. The lowest BCUT2D eigenvalue weighted by molar-refractivity contribution is -0.0998. The number of hydrogen-bond donors (Lipinski definition) is 1. The molecule has 0 amide bonds. The van der Waals surface area contributed by atoms with Crippen molar-refractivity contribution in [1.29, 1.82) is 0 Å². The van der Waals surface area contributed by atoms with Crippen LogP contribution in [0, 0.1) is 5.92 Å². The van der Waals surface area contributed by atoms with Crippen LogP contribution in [0.2, 0.25) is 0 Å². The molecule has 0 radical (unpaired) electrons. The van der Waals surface area contributed by atoms with E-state index in [0.29, 0.717) is 6.04 Å². The Morgan fingerprint density at radius 2 is 2.33 bits per heavy atom. The van der Waals surface area contributed by atoms with E-state index in [2.05, 4.69) is 37.4 Å². The van der Waals surface area contributed by atoms with Crippen molar-refractivity contribution in [2.45, 2.75) is 64.5 Å². The zero-order valence-electron chi connectivity index (χ0n) is 14.1. The van der Waals surface area contributed by atoms with E-state index in [4.69, 9.17) is 4.74 Å². The molecular weight excluding hydrogens is 262 g/mol.